The standard InChI is InChI=1S/C15H12BrClN2O/c1-20-15-7-12(4-5-13(15)16)19-9-11-3-2-10(8-18)6-14(11)17/h2-7,19H,9H2,1H3. The Morgan fingerprint density at radius 1 is 1.30 bits per heavy atom. The number of benzene rings is 2. The zero-order valence-corrected chi connectivity index (χ0v) is 13.1. The highest BCUT2D eigenvalue weighted by Crippen LogP contribution is 2.28. The average molecular weight is 352 g/mol. The third-order valence-electron chi connectivity index (χ3n) is 2.82. The van der Waals surface area contributed by atoms with E-state index in [0.29, 0.717) is 17.1 Å². The lowest BCUT2D eigenvalue weighted by atomic mass is 10.1. The highest BCUT2D eigenvalue weighted by molar-refractivity contribution is 9.10. The van der Waals surface area contributed by atoms with E-state index in [1.807, 2.05) is 24.3 Å². The summed E-state index contributed by atoms with van der Waals surface area (Å²) in [6, 6.07) is 13.1. The van der Waals surface area contributed by atoms with Gasteiger partial charge in [-0.25, -0.2) is 0 Å². The lowest BCUT2D eigenvalue weighted by Crippen LogP contribution is -2.00. The van der Waals surface area contributed by atoms with Gasteiger partial charge in [-0.2, -0.15) is 5.26 Å². The van der Waals surface area contributed by atoms with Crippen molar-refractivity contribution in [1.29, 1.82) is 5.26 Å². The zero-order chi connectivity index (χ0) is 14.5. The molecule has 0 saturated carbocycles. The summed E-state index contributed by atoms with van der Waals surface area (Å²) < 4.78 is 6.15. The highest BCUT2D eigenvalue weighted by atomic mass is 79.9. The predicted octanol–water partition coefficient (Wildman–Crippen LogP) is 4.59. The van der Waals surface area contributed by atoms with Crippen LogP contribution in [0.5, 0.6) is 5.75 Å². The van der Waals surface area contributed by atoms with Gasteiger partial charge in [0.1, 0.15) is 5.75 Å². The van der Waals surface area contributed by atoms with Crippen LogP contribution in [-0.4, -0.2) is 7.11 Å². The summed E-state index contributed by atoms with van der Waals surface area (Å²) in [6.07, 6.45) is 0. The highest BCUT2D eigenvalue weighted by Gasteiger charge is 2.04. The van der Waals surface area contributed by atoms with E-state index < -0.39 is 0 Å². The van der Waals surface area contributed by atoms with Gasteiger partial charge in [0, 0.05) is 23.3 Å². The number of halogens is 2. The molecule has 2 aromatic carbocycles. The van der Waals surface area contributed by atoms with Crippen molar-refractivity contribution >= 4 is 33.2 Å². The van der Waals surface area contributed by atoms with Gasteiger partial charge >= 0.3 is 0 Å². The van der Waals surface area contributed by atoms with E-state index in [-0.39, 0.29) is 0 Å². The molecule has 0 aromatic heterocycles. The molecule has 0 amide bonds. The Labute approximate surface area is 131 Å². The quantitative estimate of drug-likeness (QED) is 0.876. The molecule has 102 valence electrons. The average Bonchev–Trinajstić information content (AvgIpc) is 2.47. The number of anilines is 1. The van der Waals surface area contributed by atoms with Crippen molar-refractivity contribution in [2.75, 3.05) is 12.4 Å². The number of rotatable bonds is 4. The van der Waals surface area contributed by atoms with Crippen LogP contribution in [0.25, 0.3) is 0 Å². The Hall–Kier alpha value is -1.70. The molecule has 0 aliphatic rings. The van der Waals surface area contributed by atoms with Crippen LogP contribution >= 0.6 is 27.5 Å². The first-order chi connectivity index (χ1) is 9.63. The molecule has 3 nitrogen and oxygen atoms in total. The molecule has 0 unspecified atom stereocenters. The largest absolute Gasteiger partial charge is 0.495 e. The van der Waals surface area contributed by atoms with Crippen LogP contribution in [0.1, 0.15) is 11.1 Å². The molecular weight excluding hydrogens is 340 g/mol. The zero-order valence-electron chi connectivity index (χ0n) is 10.8. The van der Waals surface area contributed by atoms with Gasteiger partial charge < -0.3 is 10.1 Å². The number of hydrogen-bond donors (Lipinski definition) is 1. The molecule has 5 heteroatoms. The topological polar surface area (TPSA) is 45.0 Å². The third-order valence-corrected chi connectivity index (χ3v) is 3.82. The number of nitrogens with one attached hydrogen (secondary N) is 1. The van der Waals surface area contributed by atoms with E-state index in [4.69, 9.17) is 21.6 Å². The fourth-order valence-electron chi connectivity index (χ4n) is 1.73. The lowest BCUT2D eigenvalue weighted by molar-refractivity contribution is 0.412. The first kappa shape index (κ1) is 14.7. The molecule has 2 rings (SSSR count). The van der Waals surface area contributed by atoms with Gasteiger partial charge in [0.2, 0.25) is 0 Å². The van der Waals surface area contributed by atoms with E-state index in [1.165, 1.54) is 0 Å². The van der Waals surface area contributed by atoms with Gasteiger partial charge in [-0.3, -0.25) is 0 Å². The van der Waals surface area contributed by atoms with Crippen molar-refractivity contribution in [2.45, 2.75) is 6.54 Å². The fraction of sp³-hybridized carbons (Fsp3) is 0.133. The molecule has 0 saturated heterocycles. The smallest absolute Gasteiger partial charge is 0.135 e. The van der Waals surface area contributed by atoms with Gasteiger partial charge in [0.05, 0.1) is 23.2 Å². The molecule has 0 aliphatic heterocycles. The number of nitriles is 1. The van der Waals surface area contributed by atoms with Gasteiger partial charge in [0.15, 0.2) is 0 Å². The molecule has 0 radical (unpaired) electrons. The second kappa shape index (κ2) is 6.65. The van der Waals surface area contributed by atoms with Crippen molar-refractivity contribution in [2.24, 2.45) is 0 Å². The predicted molar refractivity (Wildman–Crippen MR) is 84.2 cm³/mol. The summed E-state index contributed by atoms with van der Waals surface area (Å²) in [5.74, 6) is 0.765. The van der Waals surface area contributed by atoms with E-state index in [1.54, 1.807) is 19.2 Å². The monoisotopic (exact) mass is 350 g/mol. The number of ether oxygens (including phenoxy) is 1. The third kappa shape index (κ3) is 3.44. The van der Waals surface area contributed by atoms with Gasteiger partial charge in [0.25, 0.3) is 0 Å². The first-order valence-corrected chi connectivity index (χ1v) is 7.07. The SMILES string of the molecule is COc1cc(NCc2ccc(C#N)cc2Cl)ccc1Br. The maximum absolute atomic E-state index is 8.80. The molecule has 0 aliphatic carbocycles. The maximum Gasteiger partial charge on any atom is 0.135 e. The van der Waals surface area contributed by atoms with Crippen LogP contribution in [0.2, 0.25) is 5.02 Å². The fourth-order valence-corrected chi connectivity index (χ4v) is 2.38. The minimum Gasteiger partial charge on any atom is -0.495 e. The first-order valence-electron chi connectivity index (χ1n) is 5.90. The molecule has 0 fully saturated rings. The Bertz CT molecular complexity index is 667. The summed E-state index contributed by atoms with van der Waals surface area (Å²) in [7, 11) is 1.63. The summed E-state index contributed by atoms with van der Waals surface area (Å²) in [4.78, 5) is 0. The van der Waals surface area contributed by atoms with Crippen LogP contribution in [0, 0.1) is 11.3 Å². The number of nitrogens with zero attached hydrogens (tertiary/aromatic N) is 1. The molecule has 20 heavy (non-hydrogen) atoms. The summed E-state index contributed by atoms with van der Waals surface area (Å²) in [5, 5.41) is 12.7. The van der Waals surface area contributed by atoms with Crippen molar-refractivity contribution in [1.82, 2.24) is 0 Å². The van der Waals surface area contributed by atoms with Gasteiger partial charge in [-0.15, -0.1) is 0 Å². The maximum atomic E-state index is 8.80. The number of methoxy groups -OCH3 is 1. The summed E-state index contributed by atoms with van der Waals surface area (Å²) in [5.41, 5.74) is 2.43. The van der Waals surface area contributed by atoms with Gasteiger partial charge in [-0.1, -0.05) is 17.7 Å². The minimum absolute atomic E-state index is 0.559. The minimum atomic E-state index is 0.559. The van der Waals surface area contributed by atoms with E-state index in [0.717, 1.165) is 21.5 Å². The van der Waals surface area contributed by atoms with Crippen LogP contribution in [0.4, 0.5) is 5.69 Å². The Kier molecular flexibility index (Phi) is 4.89. The van der Waals surface area contributed by atoms with E-state index in [9.17, 15) is 0 Å². The summed E-state index contributed by atoms with van der Waals surface area (Å²) >= 11 is 9.54. The summed E-state index contributed by atoms with van der Waals surface area (Å²) in [6.45, 7) is 0.579. The van der Waals surface area contributed by atoms with E-state index in [2.05, 4.69) is 27.3 Å². The molecule has 0 atom stereocenters. The number of hydrogen-bond acceptors (Lipinski definition) is 3. The molecule has 0 heterocycles. The molecule has 0 spiro atoms. The second-order valence-corrected chi connectivity index (χ2v) is 5.38. The van der Waals surface area contributed by atoms with Crippen molar-refractivity contribution < 1.29 is 4.74 Å². The Balaban J connectivity index is 2.11. The van der Waals surface area contributed by atoms with Crippen LogP contribution < -0.4 is 10.1 Å². The normalized spacial score (nSPS) is 9.90. The van der Waals surface area contributed by atoms with Crippen LogP contribution in [0.15, 0.2) is 40.9 Å². The van der Waals surface area contributed by atoms with Gasteiger partial charge in [-0.05, 0) is 45.8 Å². The van der Waals surface area contributed by atoms with Crippen molar-refractivity contribution in [3.63, 3.8) is 0 Å². The second-order valence-electron chi connectivity index (χ2n) is 4.12. The Morgan fingerprint density at radius 2 is 2.10 bits per heavy atom. The molecule has 2 aromatic rings. The molecular formula is C15H12BrClN2O. The molecule has 1 N–H and O–H groups in total. The molecule has 0 bridgehead atoms. The van der Waals surface area contributed by atoms with Crippen molar-refractivity contribution in [3.05, 3.63) is 57.0 Å². The van der Waals surface area contributed by atoms with Crippen molar-refractivity contribution in [3.8, 4) is 11.8 Å². The van der Waals surface area contributed by atoms with E-state index >= 15 is 0 Å². The lowest BCUT2D eigenvalue weighted by Gasteiger charge is -2.10. The van der Waals surface area contributed by atoms with Crippen LogP contribution in [-0.2, 0) is 6.54 Å². The Morgan fingerprint density at radius 3 is 2.75 bits per heavy atom. The van der Waals surface area contributed by atoms with Crippen LogP contribution in [0.3, 0.4) is 0 Å².